The summed E-state index contributed by atoms with van der Waals surface area (Å²) < 4.78 is 5.15. The number of rotatable bonds is 6. The van der Waals surface area contributed by atoms with Crippen LogP contribution in [-0.4, -0.2) is 21.4 Å². The summed E-state index contributed by atoms with van der Waals surface area (Å²) in [4.78, 5) is 4.30. The van der Waals surface area contributed by atoms with Gasteiger partial charge in [-0.05, 0) is 19.8 Å². The van der Waals surface area contributed by atoms with Gasteiger partial charge in [0.05, 0.1) is 12.0 Å². The molecule has 0 fully saturated rings. The third-order valence-corrected chi connectivity index (χ3v) is 2.58. The second-order valence-electron chi connectivity index (χ2n) is 3.91. The average Bonchev–Trinajstić information content (AvgIpc) is 2.64. The minimum absolute atomic E-state index is 0.0344. The summed E-state index contributed by atoms with van der Waals surface area (Å²) in [7, 11) is 0. The summed E-state index contributed by atoms with van der Waals surface area (Å²) in [5.41, 5.74) is 0. The van der Waals surface area contributed by atoms with Gasteiger partial charge in [0.1, 0.15) is 0 Å². The number of unbranched alkanes of at least 4 members (excludes halogenated alkanes) is 1. The number of aliphatic hydroxyl groups is 1. The average molecular weight is 212 g/mol. The SMILES string of the molecule is CCCCc1noc(C(CC)C(C)O)n1. The molecule has 1 aromatic rings. The molecule has 4 nitrogen and oxygen atoms in total. The fourth-order valence-corrected chi connectivity index (χ4v) is 1.58. The molecule has 0 radical (unpaired) electrons. The highest BCUT2D eigenvalue weighted by molar-refractivity contribution is 4.96. The molecular formula is C11H20N2O2. The molecule has 0 saturated carbocycles. The molecular weight excluding hydrogens is 192 g/mol. The Bertz CT molecular complexity index is 284. The Morgan fingerprint density at radius 2 is 2.13 bits per heavy atom. The minimum Gasteiger partial charge on any atom is -0.393 e. The monoisotopic (exact) mass is 212 g/mol. The first-order valence-electron chi connectivity index (χ1n) is 5.69. The van der Waals surface area contributed by atoms with Crippen LogP contribution in [0.25, 0.3) is 0 Å². The Hall–Kier alpha value is -0.900. The lowest BCUT2D eigenvalue weighted by Crippen LogP contribution is -2.14. The Morgan fingerprint density at radius 1 is 1.40 bits per heavy atom. The van der Waals surface area contributed by atoms with Crippen LogP contribution in [0.3, 0.4) is 0 Å². The molecule has 0 aliphatic carbocycles. The van der Waals surface area contributed by atoms with Crippen LogP contribution in [0.2, 0.25) is 0 Å². The molecule has 2 unspecified atom stereocenters. The van der Waals surface area contributed by atoms with E-state index in [9.17, 15) is 5.11 Å². The predicted octanol–water partition coefficient (Wildman–Crippen LogP) is 2.29. The first-order valence-corrected chi connectivity index (χ1v) is 5.69. The highest BCUT2D eigenvalue weighted by atomic mass is 16.5. The van der Waals surface area contributed by atoms with Crippen LogP contribution in [0.4, 0.5) is 0 Å². The molecule has 0 saturated heterocycles. The summed E-state index contributed by atoms with van der Waals surface area (Å²) in [5.74, 6) is 1.29. The van der Waals surface area contributed by atoms with Crippen molar-refractivity contribution < 1.29 is 9.63 Å². The second kappa shape index (κ2) is 5.85. The normalized spacial score (nSPS) is 15.2. The number of aliphatic hydroxyl groups excluding tert-OH is 1. The van der Waals surface area contributed by atoms with Crippen molar-refractivity contribution in [2.45, 2.75) is 58.5 Å². The zero-order chi connectivity index (χ0) is 11.3. The van der Waals surface area contributed by atoms with Crippen LogP contribution in [-0.2, 0) is 6.42 Å². The van der Waals surface area contributed by atoms with E-state index in [1.165, 1.54) is 0 Å². The van der Waals surface area contributed by atoms with Crippen LogP contribution in [0.1, 0.15) is 57.7 Å². The van der Waals surface area contributed by atoms with Crippen molar-refractivity contribution in [2.75, 3.05) is 0 Å². The highest BCUT2D eigenvalue weighted by Crippen LogP contribution is 2.21. The van der Waals surface area contributed by atoms with E-state index in [0.29, 0.717) is 5.89 Å². The Kier molecular flexibility index (Phi) is 4.75. The van der Waals surface area contributed by atoms with Crippen molar-refractivity contribution in [3.8, 4) is 0 Å². The second-order valence-corrected chi connectivity index (χ2v) is 3.91. The molecule has 0 aromatic carbocycles. The van der Waals surface area contributed by atoms with Gasteiger partial charge in [-0.3, -0.25) is 0 Å². The van der Waals surface area contributed by atoms with E-state index in [4.69, 9.17) is 4.52 Å². The molecule has 0 bridgehead atoms. The van der Waals surface area contributed by atoms with E-state index in [1.54, 1.807) is 6.92 Å². The lowest BCUT2D eigenvalue weighted by atomic mass is 10.0. The van der Waals surface area contributed by atoms with Crippen molar-refractivity contribution in [3.63, 3.8) is 0 Å². The van der Waals surface area contributed by atoms with Crippen LogP contribution >= 0.6 is 0 Å². The van der Waals surface area contributed by atoms with Crippen molar-refractivity contribution in [2.24, 2.45) is 0 Å². The Balaban J connectivity index is 2.65. The van der Waals surface area contributed by atoms with Gasteiger partial charge in [0.25, 0.3) is 0 Å². The summed E-state index contributed by atoms with van der Waals surface area (Å²) in [6.45, 7) is 5.89. The van der Waals surface area contributed by atoms with Crippen LogP contribution < -0.4 is 0 Å². The molecule has 2 atom stereocenters. The Morgan fingerprint density at radius 3 is 2.67 bits per heavy atom. The number of hydrogen-bond donors (Lipinski definition) is 1. The van der Waals surface area contributed by atoms with Crippen LogP contribution in [0.5, 0.6) is 0 Å². The summed E-state index contributed by atoms with van der Waals surface area (Å²) in [6.07, 6.45) is 3.43. The molecule has 1 aromatic heterocycles. The molecule has 0 aliphatic rings. The molecule has 0 amide bonds. The zero-order valence-electron chi connectivity index (χ0n) is 9.73. The van der Waals surface area contributed by atoms with E-state index < -0.39 is 6.10 Å². The topological polar surface area (TPSA) is 59.2 Å². The number of aryl methyl sites for hydroxylation is 1. The van der Waals surface area contributed by atoms with E-state index in [0.717, 1.165) is 31.5 Å². The first kappa shape index (κ1) is 12.2. The standard InChI is InChI=1S/C11H20N2O2/c1-4-6-7-10-12-11(15-13-10)9(5-2)8(3)14/h8-9,14H,4-7H2,1-3H3. The Labute approximate surface area is 90.7 Å². The fourth-order valence-electron chi connectivity index (χ4n) is 1.58. The summed E-state index contributed by atoms with van der Waals surface area (Å²) in [5, 5.41) is 13.4. The molecule has 1 N–H and O–H groups in total. The lowest BCUT2D eigenvalue weighted by molar-refractivity contribution is 0.141. The number of nitrogens with zero attached hydrogens (tertiary/aromatic N) is 2. The number of hydrogen-bond acceptors (Lipinski definition) is 4. The van der Waals surface area contributed by atoms with E-state index >= 15 is 0 Å². The molecule has 15 heavy (non-hydrogen) atoms. The molecule has 0 spiro atoms. The van der Waals surface area contributed by atoms with Gasteiger partial charge < -0.3 is 9.63 Å². The third kappa shape index (κ3) is 3.30. The third-order valence-electron chi connectivity index (χ3n) is 2.58. The molecule has 86 valence electrons. The van der Waals surface area contributed by atoms with Gasteiger partial charge in [-0.1, -0.05) is 25.4 Å². The van der Waals surface area contributed by atoms with Gasteiger partial charge in [0, 0.05) is 6.42 Å². The maximum atomic E-state index is 9.52. The summed E-state index contributed by atoms with van der Waals surface area (Å²) in [6, 6.07) is 0. The van der Waals surface area contributed by atoms with Gasteiger partial charge >= 0.3 is 0 Å². The van der Waals surface area contributed by atoms with Gasteiger partial charge in [0.2, 0.25) is 5.89 Å². The maximum Gasteiger partial charge on any atom is 0.232 e. The fraction of sp³-hybridized carbons (Fsp3) is 0.818. The molecule has 1 rings (SSSR count). The van der Waals surface area contributed by atoms with Crippen molar-refractivity contribution in [3.05, 3.63) is 11.7 Å². The van der Waals surface area contributed by atoms with Gasteiger partial charge in [-0.2, -0.15) is 4.98 Å². The molecule has 4 heteroatoms. The molecule has 1 heterocycles. The van der Waals surface area contributed by atoms with E-state index in [1.807, 2.05) is 6.92 Å². The molecule has 0 aliphatic heterocycles. The van der Waals surface area contributed by atoms with E-state index in [2.05, 4.69) is 17.1 Å². The van der Waals surface area contributed by atoms with Gasteiger partial charge in [-0.15, -0.1) is 0 Å². The maximum absolute atomic E-state index is 9.52. The van der Waals surface area contributed by atoms with E-state index in [-0.39, 0.29) is 5.92 Å². The van der Waals surface area contributed by atoms with Gasteiger partial charge in [-0.25, -0.2) is 0 Å². The largest absolute Gasteiger partial charge is 0.393 e. The van der Waals surface area contributed by atoms with Crippen molar-refractivity contribution >= 4 is 0 Å². The van der Waals surface area contributed by atoms with Gasteiger partial charge in [0.15, 0.2) is 5.82 Å². The summed E-state index contributed by atoms with van der Waals surface area (Å²) >= 11 is 0. The first-order chi connectivity index (χ1) is 7.19. The van der Waals surface area contributed by atoms with Crippen LogP contribution in [0, 0.1) is 0 Å². The smallest absolute Gasteiger partial charge is 0.232 e. The minimum atomic E-state index is -0.436. The predicted molar refractivity (Wildman–Crippen MR) is 57.6 cm³/mol. The van der Waals surface area contributed by atoms with Crippen LogP contribution in [0.15, 0.2) is 4.52 Å². The van der Waals surface area contributed by atoms with Crippen molar-refractivity contribution in [1.82, 2.24) is 10.1 Å². The zero-order valence-corrected chi connectivity index (χ0v) is 9.73. The quantitative estimate of drug-likeness (QED) is 0.786. The lowest BCUT2D eigenvalue weighted by Gasteiger charge is -2.12. The highest BCUT2D eigenvalue weighted by Gasteiger charge is 2.21. The number of aromatic nitrogens is 2. The van der Waals surface area contributed by atoms with Crippen molar-refractivity contribution in [1.29, 1.82) is 0 Å².